The van der Waals surface area contributed by atoms with Crippen molar-refractivity contribution in [1.29, 1.82) is 0 Å². The van der Waals surface area contributed by atoms with Crippen molar-refractivity contribution < 1.29 is 0 Å². The van der Waals surface area contributed by atoms with E-state index in [1.54, 1.807) is 17.7 Å². The van der Waals surface area contributed by atoms with E-state index in [1.807, 2.05) is 44.2 Å². The summed E-state index contributed by atoms with van der Waals surface area (Å²) in [6.45, 7) is 3.92. The van der Waals surface area contributed by atoms with E-state index in [0.29, 0.717) is 0 Å². The van der Waals surface area contributed by atoms with Gasteiger partial charge in [-0.3, -0.25) is 4.79 Å². The first-order valence-corrected chi connectivity index (χ1v) is 6.61. The zero-order chi connectivity index (χ0) is 14.3. The number of nitrogens with zero attached hydrogens (tertiary/aromatic N) is 2. The number of para-hydroxylation sites is 1. The first-order valence-electron chi connectivity index (χ1n) is 6.61. The number of aromatic nitrogens is 2. The van der Waals surface area contributed by atoms with Crippen molar-refractivity contribution in [2.45, 2.75) is 13.8 Å². The minimum absolute atomic E-state index is 0.0181. The van der Waals surface area contributed by atoms with Crippen molar-refractivity contribution >= 4 is 10.9 Å². The molecule has 0 N–H and O–H groups in total. The molecule has 3 nitrogen and oxygen atoms in total. The first-order chi connectivity index (χ1) is 9.58. The Balaban J connectivity index is 2.31. The summed E-state index contributed by atoms with van der Waals surface area (Å²) in [4.78, 5) is 16.5. The molecule has 3 heteroatoms. The molecule has 100 valence electrons. The van der Waals surface area contributed by atoms with Gasteiger partial charge < -0.3 is 4.57 Å². The van der Waals surface area contributed by atoms with Crippen LogP contribution in [0.3, 0.4) is 0 Å². The summed E-state index contributed by atoms with van der Waals surface area (Å²) in [7, 11) is 1.79. The van der Waals surface area contributed by atoms with Gasteiger partial charge in [0, 0.05) is 29.8 Å². The highest BCUT2D eigenvalue weighted by Crippen LogP contribution is 2.25. The molecule has 0 amide bonds. The van der Waals surface area contributed by atoms with Gasteiger partial charge in [-0.2, -0.15) is 0 Å². The Kier molecular flexibility index (Phi) is 2.90. The summed E-state index contributed by atoms with van der Waals surface area (Å²) in [5.41, 5.74) is 4.85. The third-order valence-electron chi connectivity index (χ3n) is 3.78. The van der Waals surface area contributed by atoms with Crippen LogP contribution in [0, 0.1) is 13.8 Å². The summed E-state index contributed by atoms with van der Waals surface area (Å²) >= 11 is 0. The van der Waals surface area contributed by atoms with Gasteiger partial charge in [0.1, 0.15) is 0 Å². The summed E-state index contributed by atoms with van der Waals surface area (Å²) in [5.74, 6) is 0. The lowest BCUT2D eigenvalue weighted by Gasteiger charge is -2.13. The Hall–Kier alpha value is -2.42. The second-order valence-corrected chi connectivity index (χ2v) is 5.07. The fraction of sp³-hybridized carbons (Fsp3) is 0.176. The van der Waals surface area contributed by atoms with Gasteiger partial charge in [0.25, 0.3) is 5.56 Å². The normalized spacial score (nSPS) is 10.9. The standard InChI is InChI=1S/C17H16N2O/c1-11-10-16(20)19(3)12(2)17(11)15-9-8-13-6-4-5-7-14(13)18-15/h4-10H,1-3H3. The topological polar surface area (TPSA) is 34.9 Å². The summed E-state index contributed by atoms with van der Waals surface area (Å²) in [5, 5.41) is 1.12. The molecule has 0 aliphatic carbocycles. The fourth-order valence-electron chi connectivity index (χ4n) is 2.57. The molecular weight excluding hydrogens is 248 g/mol. The van der Waals surface area contributed by atoms with Crippen molar-refractivity contribution in [2.75, 3.05) is 0 Å². The van der Waals surface area contributed by atoms with Gasteiger partial charge in [0.2, 0.25) is 0 Å². The number of pyridine rings is 2. The van der Waals surface area contributed by atoms with E-state index < -0.39 is 0 Å². The zero-order valence-electron chi connectivity index (χ0n) is 11.8. The largest absolute Gasteiger partial charge is 0.315 e. The van der Waals surface area contributed by atoms with Crippen LogP contribution >= 0.6 is 0 Å². The number of aryl methyl sites for hydroxylation is 1. The predicted molar refractivity (Wildman–Crippen MR) is 81.9 cm³/mol. The van der Waals surface area contributed by atoms with Gasteiger partial charge in [-0.1, -0.05) is 24.3 Å². The van der Waals surface area contributed by atoms with Crippen molar-refractivity contribution in [3.05, 3.63) is 64.1 Å². The van der Waals surface area contributed by atoms with E-state index in [2.05, 4.69) is 6.07 Å². The average Bonchev–Trinajstić information content (AvgIpc) is 2.45. The number of fused-ring (bicyclic) bond motifs is 1. The Morgan fingerprint density at radius 1 is 1.05 bits per heavy atom. The number of rotatable bonds is 1. The molecule has 0 bridgehead atoms. The molecule has 2 aromatic heterocycles. The van der Waals surface area contributed by atoms with Crippen molar-refractivity contribution in [1.82, 2.24) is 9.55 Å². The van der Waals surface area contributed by atoms with Crippen LogP contribution in [0.4, 0.5) is 0 Å². The van der Waals surface area contributed by atoms with Crippen LogP contribution in [0.15, 0.2) is 47.3 Å². The maximum absolute atomic E-state index is 11.8. The second kappa shape index (κ2) is 4.60. The molecule has 20 heavy (non-hydrogen) atoms. The highest BCUT2D eigenvalue weighted by Gasteiger charge is 2.11. The SMILES string of the molecule is Cc1cc(=O)n(C)c(C)c1-c1ccc2ccccc2n1. The fourth-order valence-corrected chi connectivity index (χ4v) is 2.57. The molecule has 0 aliphatic heterocycles. The molecule has 0 radical (unpaired) electrons. The molecule has 0 spiro atoms. The molecule has 0 saturated carbocycles. The average molecular weight is 264 g/mol. The maximum atomic E-state index is 11.8. The molecule has 3 aromatic rings. The number of benzene rings is 1. The molecule has 2 heterocycles. The van der Waals surface area contributed by atoms with Gasteiger partial charge in [-0.05, 0) is 31.5 Å². The number of hydrogen-bond donors (Lipinski definition) is 0. The summed E-state index contributed by atoms with van der Waals surface area (Å²) < 4.78 is 1.67. The molecule has 3 rings (SSSR count). The Morgan fingerprint density at radius 2 is 1.80 bits per heavy atom. The van der Waals surface area contributed by atoms with E-state index in [9.17, 15) is 4.79 Å². The van der Waals surface area contributed by atoms with Crippen molar-refractivity contribution in [3.8, 4) is 11.3 Å². The zero-order valence-corrected chi connectivity index (χ0v) is 11.8. The summed E-state index contributed by atoms with van der Waals surface area (Å²) in [6.07, 6.45) is 0. The second-order valence-electron chi connectivity index (χ2n) is 5.07. The lowest BCUT2D eigenvalue weighted by Crippen LogP contribution is -2.19. The maximum Gasteiger partial charge on any atom is 0.250 e. The third-order valence-corrected chi connectivity index (χ3v) is 3.78. The quantitative estimate of drug-likeness (QED) is 0.676. The van der Waals surface area contributed by atoms with Gasteiger partial charge in [0.15, 0.2) is 0 Å². The van der Waals surface area contributed by atoms with E-state index in [1.165, 1.54) is 0 Å². The lowest BCUT2D eigenvalue weighted by molar-refractivity contribution is 0.816. The monoisotopic (exact) mass is 264 g/mol. The molecule has 0 unspecified atom stereocenters. The van der Waals surface area contributed by atoms with E-state index in [-0.39, 0.29) is 5.56 Å². The van der Waals surface area contributed by atoms with E-state index in [0.717, 1.165) is 33.4 Å². The minimum Gasteiger partial charge on any atom is -0.315 e. The van der Waals surface area contributed by atoms with E-state index >= 15 is 0 Å². The van der Waals surface area contributed by atoms with Crippen LogP contribution in [-0.2, 0) is 7.05 Å². The van der Waals surface area contributed by atoms with Crippen LogP contribution in [0.25, 0.3) is 22.2 Å². The highest BCUT2D eigenvalue weighted by molar-refractivity contribution is 5.82. The smallest absolute Gasteiger partial charge is 0.250 e. The number of hydrogen-bond acceptors (Lipinski definition) is 2. The third kappa shape index (κ3) is 1.92. The van der Waals surface area contributed by atoms with Gasteiger partial charge >= 0.3 is 0 Å². The van der Waals surface area contributed by atoms with E-state index in [4.69, 9.17) is 4.98 Å². The van der Waals surface area contributed by atoms with Crippen LogP contribution in [0.5, 0.6) is 0 Å². The van der Waals surface area contributed by atoms with Gasteiger partial charge in [-0.15, -0.1) is 0 Å². The van der Waals surface area contributed by atoms with Crippen LogP contribution in [0.2, 0.25) is 0 Å². The minimum atomic E-state index is 0.0181. The Labute approximate surface area is 117 Å². The highest BCUT2D eigenvalue weighted by atomic mass is 16.1. The Morgan fingerprint density at radius 3 is 2.60 bits per heavy atom. The molecule has 0 saturated heterocycles. The molecular formula is C17H16N2O. The molecule has 0 fully saturated rings. The van der Waals surface area contributed by atoms with Crippen LogP contribution in [-0.4, -0.2) is 9.55 Å². The van der Waals surface area contributed by atoms with Crippen molar-refractivity contribution in [3.63, 3.8) is 0 Å². The molecule has 0 atom stereocenters. The van der Waals surface area contributed by atoms with Crippen molar-refractivity contribution in [2.24, 2.45) is 7.05 Å². The van der Waals surface area contributed by atoms with Gasteiger partial charge in [-0.25, -0.2) is 4.98 Å². The van der Waals surface area contributed by atoms with Crippen LogP contribution < -0.4 is 5.56 Å². The molecule has 1 aromatic carbocycles. The first kappa shape index (κ1) is 12.6. The lowest BCUT2D eigenvalue weighted by atomic mass is 10.0. The summed E-state index contributed by atoms with van der Waals surface area (Å²) in [6, 6.07) is 13.8. The molecule has 0 aliphatic rings. The van der Waals surface area contributed by atoms with Gasteiger partial charge in [0.05, 0.1) is 11.2 Å². The Bertz CT molecular complexity index is 862. The van der Waals surface area contributed by atoms with Crippen LogP contribution in [0.1, 0.15) is 11.3 Å². The predicted octanol–water partition coefficient (Wildman–Crippen LogP) is 3.22.